The van der Waals surface area contributed by atoms with Crippen LogP contribution in [0, 0.1) is 0 Å². The number of nitrogens with zero attached hydrogens (tertiary/aromatic N) is 3. The lowest BCUT2D eigenvalue weighted by molar-refractivity contribution is 0.885. The molecule has 0 saturated carbocycles. The van der Waals surface area contributed by atoms with Gasteiger partial charge in [-0.3, -0.25) is 4.98 Å². The van der Waals surface area contributed by atoms with Gasteiger partial charge >= 0.3 is 0 Å². The van der Waals surface area contributed by atoms with Gasteiger partial charge in [-0.25, -0.2) is 14.8 Å². The van der Waals surface area contributed by atoms with Gasteiger partial charge in [0.05, 0.1) is 12.2 Å². The SMILES string of the molecule is ClNCc1nc2ccc(-c3cccc(-c4ccncc4)c3)nc2[nH]1. The summed E-state index contributed by atoms with van der Waals surface area (Å²) in [5.74, 6) is 0.759. The maximum Gasteiger partial charge on any atom is 0.158 e. The number of imidazole rings is 1. The molecule has 0 atom stereocenters. The van der Waals surface area contributed by atoms with E-state index in [0.29, 0.717) is 6.54 Å². The molecule has 0 amide bonds. The third kappa shape index (κ3) is 2.87. The van der Waals surface area contributed by atoms with Crippen LogP contribution in [0.15, 0.2) is 60.9 Å². The Morgan fingerprint density at radius 2 is 1.75 bits per heavy atom. The molecule has 0 bridgehead atoms. The molecule has 4 aromatic rings. The van der Waals surface area contributed by atoms with Crippen LogP contribution in [0.25, 0.3) is 33.5 Å². The molecule has 0 fully saturated rings. The van der Waals surface area contributed by atoms with Gasteiger partial charge in [-0.2, -0.15) is 0 Å². The lowest BCUT2D eigenvalue weighted by Crippen LogP contribution is -1.99. The van der Waals surface area contributed by atoms with Gasteiger partial charge in [0.25, 0.3) is 0 Å². The number of pyridine rings is 2. The summed E-state index contributed by atoms with van der Waals surface area (Å²) in [5.41, 5.74) is 5.79. The minimum atomic E-state index is 0.463. The van der Waals surface area contributed by atoms with E-state index in [1.54, 1.807) is 12.4 Å². The zero-order valence-corrected chi connectivity index (χ0v) is 13.5. The second kappa shape index (κ2) is 6.39. The molecule has 0 aliphatic rings. The Hall–Kier alpha value is -2.76. The van der Waals surface area contributed by atoms with E-state index in [0.717, 1.165) is 39.4 Å². The van der Waals surface area contributed by atoms with E-state index in [2.05, 4.69) is 43.0 Å². The van der Waals surface area contributed by atoms with Gasteiger partial charge in [-0.15, -0.1) is 0 Å². The molecule has 3 heterocycles. The van der Waals surface area contributed by atoms with Crippen LogP contribution in [0.3, 0.4) is 0 Å². The number of hydrogen-bond donors (Lipinski definition) is 2. The highest BCUT2D eigenvalue weighted by Crippen LogP contribution is 2.26. The highest BCUT2D eigenvalue weighted by atomic mass is 35.5. The monoisotopic (exact) mass is 335 g/mol. The Labute approximate surface area is 143 Å². The average Bonchev–Trinajstić information content (AvgIpc) is 3.04. The maximum absolute atomic E-state index is 5.53. The molecule has 0 saturated heterocycles. The molecule has 0 aliphatic carbocycles. The van der Waals surface area contributed by atoms with Crippen LogP contribution < -0.4 is 4.84 Å². The second-order valence-electron chi connectivity index (χ2n) is 5.37. The summed E-state index contributed by atoms with van der Waals surface area (Å²) >= 11 is 5.53. The first kappa shape index (κ1) is 14.8. The molecular weight excluding hydrogens is 322 g/mol. The van der Waals surface area contributed by atoms with E-state index in [-0.39, 0.29) is 0 Å². The van der Waals surface area contributed by atoms with Crippen molar-refractivity contribution in [3.05, 3.63) is 66.7 Å². The van der Waals surface area contributed by atoms with E-state index < -0.39 is 0 Å². The molecule has 24 heavy (non-hydrogen) atoms. The van der Waals surface area contributed by atoms with Crippen LogP contribution in [0.2, 0.25) is 0 Å². The van der Waals surface area contributed by atoms with Gasteiger partial charge in [0.1, 0.15) is 11.3 Å². The number of H-pyrrole nitrogens is 1. The number of aromatic amines is 1. The quantitative estimate of drug-likeness (QED) is 0.554. The van der Waals surface area contributed by atoms with Gasteiger partial charge in [0, 0.05) is 18.0 Å². The van der Waals surface area contributed by atoms with Gasteiger partial charge < -0.3 is 4.98 Å². The number of halogens is 1. The zero-order chi connectivity index (χ0) is 16.4. The zero-order valence-electron chi connectivity index (χ0n) is 12.7. The summed E-state index contributed by atoms with van der Waals surface area (Å²) < 4.78 is 0. The predicted molar refractivity (Wildman–Crippen MR) is 95.2 cm³/mol. The minimum Gasteiger partial charge on any atom is -0.325 e. The number of hydrogen-bond acceptors (Lipinski definition) is 4. The molecule has 0 aliphatic heterocycles. The lowest BCUT2D eigenvalue weighted by Gasteiger charge is -2.05. The fourth-order valence-electron chi connectivity index (χ4n) is 2.65. The summed E-state index contributed by atoms with van der Waals surface area (Å²) in [7, 11) is 0. The van der Waals surface area contributed by atoms with Crippen molar-refractivity contribution < 1.29 is 0 Å². The molecule has 0 spiro atoms. The van der Waals surface area contributed by atoms with E-state index in [9.17, 15) is 0 Å². The maximum atomic E-state index is 5.53. The summed E-state index contributed by atoms with van der Waals surface area (Å²) in [4.78, 5) is 18.9. The number of fused-ring (bicyclic) bond motifs is 1. The van der Waals surface area contributed by atoms with Gasteiger partial charge in [0.2, 0.25) is 0 Å². The van der Waals surface area contributed by atoms with Crippen LogP contribution in [0.4, 0.5) is 0 Å². The number of aromatic nitrogens is 4. The molecule has 6 heteroatoms. The third-order valence-corrected chi connectivity index (χ3v) is 3.93. The van der Waals surface area contributed by atoms with Crippen LogP contribution in [0.1, 0.15) is 5.82 Å². The summed E-state index contributed by atoms with van der Waals surface area (Å²) in [5, 5.41) is 0. The van der Waals surface area contributed by atoms with Crippen molar-refractivity contribution in [3.63, 3.8) is 0 Å². The van der Waals surface area contributed by atoms with E-state index in [1.165, 1.54) is 0 Å². The highest BCUT2D eigenvalue weighted by molar-refractivity contribution is 6.13. The van der Waals surface area contributed by atoms with Crippen molar-refractivity contribution in [2.75, 3.05) is 0 Å². The van der Waals surface area contributed by atoms with Crippen molar-refractivity contribution in [2.24, 2.45) is 0 Å². The number of rotatable bonds is 4. The van der Waals surface area contributed by atoms with Gasteiger partial charge in [0.15, 0.2) is 5.65 Å². The molecule has 5 nitrogen and oxygen atoms in total. The van der Waals surface area contributed by atoms with Crippen LogP contribution in [-0.4, -0.2) is 19.9 Å². The second-order valence-corrected chi connectivity index (χ2v) is 5.64. The Morgan fingerprint density at radius 3 is 2.58 bits per heavy atom. The Bertz CT molecular complexity index is 981. The van der Waals surface area contributed by atoms with Gasteiger partial charge in [-0.05, 0) is 53.2 Å². The molecular formula is C18H14ClN5. The first-order chi connectivity index (χ1) is 11.8. The Morgan fingerprint density at radius 1 is 0.917 bits per heavy atom. The molecule has 0 radical (unpaired) electrons. The first-order valence-corrected chi connectivity index (χ1v) is 7.91. The normalized spacial score (nSPS) is 11.0. The van der Waals surface area contributed by atoms with Crippen LogP contribution >= 0.6 is 11.8 Å². The molecule has 2 N–H and O–H groups in total. The average molecular weight is 336 g/mol. The third-order valence-electron chi connectivity index (χ3n) is 3.80. The van der Waals surface area contributed by atoms with Crippen LogP contribution in [-0.2, 0) is 6.54 Å². The van der Waals surface area contributed by atoms with Crippen molar-refractivity contribution in [3.8, 4) is 22.4 Å². The fraction of sp³-hybridized carbons (Fsp3) is 0.0556. The smallest absolute Gasteiger partial charge is 0.158 e. The van der Waals surface area contributed by atoms with E-state index in [4.69, 9.17) is 11.8 Å². The first-order valence-electron chi connectivity index (χ1n) is 7.53. The molecule has 118 valence electrons. The van der Waals surface area contributed by atoms with Crippen molar-refractivity contribution in [1.82, 2.24) is 24.8 Å². The van der Waals surface area contributed by atoms with Gasteiger partial charge in [-0.1, -0.05) is 18.2 Å². The molecule has 0 unspecified atom stereocenters. The number of nitrogens with one attached hydrogen (secondary N) is 2. The lowest BCUT2D eigenvalue weighted by atomic mass is 10.0. The topological polar surface area (TPSA) is 66.5 Å². The summed E-state index contributed by atoms with van der Waals surface area (Å²) in [6.45, 7) is 0.463. The van der Waals surface area contributed by atoms with Crippen molar-refractivity contribution in [1.29, 1.82) is 0 Å². The minimum absolute atomic E-state index is 0.463. The molecule has 3 aromatic heterocycles. The van der Waals surface area contributed by atoms with Crippen LogP contribution in [0.5, 0.6) is 0 Å². The van der Waals surface area contributed by atoms with Crippen molar-refractivity contribution >= 4 is 22.9 Å². The highest BCUT2D eigenvalue weighted by Gasteiger charge is 2.07. The van der Waals surface area contributed by atoms with E-state index >= 15 is 0 Å². The predicted octanol–water partition coefficient (Wildman–Crippen LogP) is 3.93. The summed E-state index contributed by atoms with van der Waals surface area (Å²) in [6, 6.07) is 16.2. The number of benzene rings is 1. The summed E-state index contributed by atoms with van der Waals surface area (Å²) in [6.07, 6.45) is 3.59. The Balaban J connectivity index is 1.74. The van der Waals surface area contributed by atoms with E-state index in [1.807, 2.05) is 30.3 Å². The van der Waals surface area contributed by atoms with Crippen molar-refractivity contribution in [2.45, 2.75) is 6.54 Å². The Kier molecular flexibility index (Phi) is 3.94. The standard InChI is InChI=1S/C18H14ClN5/c19-21-11-17-22-16-5-4-15(23-18(16)24-17)14-3-1-2-13(10-14)12-6-8-20-9-7-12/h1-10,21H,11H2,(H,22,23,24). The molecule has 1 aromatic carbocycles. The molecule has 4 rings (SSSR count). The fourth-order valence-corrected chi connectivity index (χ4v) is 2.78. The largest absolute Gasteiger partial charge is 0.325 e.